The van der Waals surface area contributed by atoms with E-state index in [1.165, 1.54) is 26.5 Å². The van der Waals surface area contributed by atoms with Crippen LogP contribution in [-0.2, 0) is 9.59 Å². The zero-order valence-corrected chi connectivity index (χ0v) is 17.4. The average Bonchev–Trinajstić information content (AvgIpc) is 2.99. The molecule has 2 bridgehead atoms. The summed E-state index contributed by atoms with van der Waals surface area (Å²) in [5.74, 6) is 1.02. The van der Waals surface area contributed by atoms with Crippen molar-refractivity contribution in [3.63, 3.8) is 0 Å². The smallest absolute Gasteiger partial charge is 0.261 e. The summed E-state index contributed by atoms with van der Waals surface area (Å²) in [5, 5.41) is 10.1. The predicted molar refractivity (Wildman–Crippen MR) is 104 cm³/mol. The van der Waals surface area contributed by atoms with Crippen molar-refractivity contribution in [1.29, 1.82) is 5.26 Å². The van der Waals surface area contributed by atoms with Gasteiger partial charge in [0.05, 0.1) is 17.5 Å². The minimum Gasteiger partial charge on any atom is -0.486 e. The first-order valence-electron chi connectivity index (χ1n) is 9.06. The molecule has 0 radical (unpaired) electrons. The van der Waals surface area contributed by atoms with E-state index in [1.54, 1.807) is 18.9 Å². The van der Waals surface area contributed by atoms with Gasteiger partial charge in [0, 0.05) is 13.5 Å². The van der Waals surface area contributed by atoms with Crippen LogP contribution < -0.4 is 9.47 Å². The van der Waals surface area contributed by atoms with Gasteiger partial charge in [0.1, 0.15) is 13.2 Å². The van der Waals surface area contributed by atoms with Crippen molar-refractivity contribution in [3.8, 4) is 17.6 Å². The number of carbonyl (C=O) groups is 2. The highest BCUT2D eigenvalue weighted by atomic mass is 33.1. The summed E-state index contributed by atoms with van der Waals surface area (Å²) in [5.41, 5.74) is -0.116. The van der Waals surface area contributed by atoms with E-state index in [2.05, 4.69) is 6.07 Å². The van der Waals surface area contributed by atoms with Crippen LogP contribution in [0.3, 0.4) is 0 Å². The molecule has 5 heterocycles. The molecule has 5 aliphatic rings. The molecule has 2 amide bonds. The third kappa shape index (κ3) is 1.97. The number of piperazine rings is 1. The minimum absolute atomic E-state index is 0.111. The van der Waals surface area contributed by atoms with Crippen LogP contribution >= 0.6 is 21.6 Å². The Morgan fingerprint density at radius 1 is 1.14 bits per heavy atom. The normalized spacial score (nSPS) is 38.4. The quantitative estimate of drug-likeness (QED) is 0.650. The molecular formula is C19H19N3O4S2. The molecule has 4 fully saturated rings. The van der Waals surface area contributed by atoms with E-state index in [0.29, 0.717) is 24.7 Å². The van der Waals surface area contributed by atoms with Gasteiger partial charge in [-0.15, -0.1) is 0 Å². The van der Waals surface area contributed by atoms with Crippen molar-refractivity contribution in [1.82, 2.24) is 9.80 Å². The molecule has 4 saturated heterocycles. The summed E-state index contributed by atoms with van der Waals surface area (Å²) >= 11 is 0. The average molecular weight is 418 g/mol. The summed E-state index contributed by atoms with van der Waals surface area (Å²) in [4.78, 5) is 28.0. The summed E-state index contributed by atoms with van der Waals surface area (Å²) in [7, 11) is 4.50. The molecule has 0 unspecified atom stereocenters. The second-order valence-corrected chi connectivity index (χ2v) is 10.8. The SMILES string of the molecule is CN1C(=O)[C@@]23C[C@](C)(C#N)[C@H](c4ccc5c(c4)OCCO5)N2C(=O)[C@]1(C)SS3. The number of hydrogen-bond donors (Lipinski definition) is 0. The fourth-order valence-corrected chi connectivity index (χ4v) is 8.23. The zero-order valence-electron chi connectivity index (χ0n) is 15.7. The molecule has 4 atom stereocenters. The largest absolute Gasteiger partial charge is 0.486 e. The molecule has 5 aliphatic heterocycles. The number of amides is 2. The number of rotatable bonds is 1. The summed E-state index contributed by atoms with van der Waals surface area (Å²) < 4.78 is 11.3. The lowest BCUT2D eigenvalue weighted by Crippen LogP contribution is -2.73. The van der Waals surface area contributed by atoms with Crippen LogP contribution in [0, 0.1) is 16.7 Å². The van der Waals surface area contributed by atoms with E-state index in [0.717, 1.165) is 5.56 Å². The molecule has 9 heteroatoms. The Bertz CT molecular complexity index is 965. The molecule has 146 valence electrons. The van der Waals surface area contributed by atoms with Gasteiger partial charge in [-0.3, -0.25) is 9.59 Å². The molecule has 0 aromatic heterocycles. The van der Waals surface area contributed by atoms with E-state index in [-0.39, 0.29) is 18.2 Å². The highest BCUT2D eigenvalue weighted by Gasteiger charge is 2.74. The number of nitrogens with zero attached hydrogens (tertiary/aromatic N) is 3. The lowest BCUT2D eigenvalue weighted by molar-refractivity contribution is -0.164. The molecule has 1 aromatic carbocycles. The second kappa shape index (κ2) is 5.51. The Morgan fingerprint density at radius 2 is 1.86 bits per heavy atom. The molecule has 0 saturated carbocycles. The summed E-state index contributed by atoms with van der Waals surface area (Å²) in [6, 6.07) is 7.41. The Labute approximate surface area is 170 Å². The van der Waals surface area contributed by atoms with Crippen LogP contribution in [0.4, 0.5) is 0 Å². The zero-order chi connectivity index (χ0) is 19.9. The molecule has 0 aliphatic carbocycles. The van der Waals surface area contributed by atoms with Gasteiger partial charge in [-0.2, -0.15) is 5.26 Å². The number of nitriles is 1. The maximum Gasteiger partial charge on any atom is 0.261 e. The Balaban J connectivity index is 1.69. The highest BCUT2D eigenvalue weighted by Crippen LogP contribution is 2.69. The Kier molecular flexibility index (Phi) is 3.55. The van der Waals surface area contributed by atoms with E-state index in [4.69, 9.17) is 9.47 Å². The van der Waals surface area contributed by atoms with Crippen molar-refractivity contribution in [2.45, 2.75) is 36.1 Å². The molecule has 7 nitrogen and oxygen atoms in total. The van der Waals surface area contributed by atoms with E-state index in [9.17, 15) is 14.9 Å². The first-order chi connectivity index (χ1) is 13.3. The van der Waals surface area contributed by atoms with Crippen LogP contribution in [0.2, 0.25) is 0 Å². The van der Waals surface area contributed by atoms with E-state index >= 15 is 0 Å². The van der Waals surface area contributed by atoms with Crippen molar-refractivity contribution in [3.05, 3.63) is 23.8 Å². The van der Waals surface area contributed by atoms with Gasteiger partial charge in [0.15, 0.2) is 21.2 Å². The third-order valence-corrected chi connectivity index (χ3v) is 9.93. The van der Waals surface area contributed by atoms with Crippen LogP contribution in [0.25, 0.3) is 0 Å². The van der Waals surface area contributed by atoms with Crippen molar-refractivity contribution in [2.24, 2.45) is 5.41 Å². The highest BCUT2D eigenvalue weighted by molar-refractivity contribution is 8.78. The van der Waals surface area contributed by atoms with Crippen LogP contribution in [0.15, 0.2) is 18.2 Å². The van der Waals surface area contributed by atoms with Gasteiger partial charge in [0.25, 0.3) is 11.8 Å². The molecule has 28 heavy (non-hydrogen) atoms. The monoisotopic (exact) mass is 417 g/mol. The van der Waals surface area contributed by atoms with Crippen LogP contribution in [0.1, 0.15) is 31.9 Å². The number of ether oxygens (including phenoxy) is 2. The number of fused-ring (bicyclic) bond motifs is 3. The third-order valence-electron chi connectivity index (χ3n) is 6.23. The lowest BCUT2D eigenvalue weighted by Gasteiger charge is -2.57. The molecule has 1 aromatic rings. The second-order valence-electron chi connectivity index (χ2n) is 7.98. The topological polar surface area (TPSA) is 82.9 Å². The van der Waals surface area contributed by atoms with Crippen molar-refractivity contribution in [2.75, 3.05) is 20.3 Å². The number of hydrogen-bond acceptors (Lipinski definition) is 7. The van der Waals surface area contributed by atoms with Crippen molar-refractivity contribution < 1.29 is 19.1 Å². The first kappa shape index (κ1) is 18.0. The predicted octanol–water partition coefficient (Wildman–Crippen LogP) is 2.54. The Hall–Kier alpha value is -2.05. The van der Waals surface area contributed by atoms with Crippen molar-refractivity contribution >= 4 is 33.4 Å². The van der Waals surface area contributed by atoms with E-state index in [1.807, 2.05) is 25.1 Å². The van der Waals surface area contributed by atoms with E-state index < -0.39 is 21.2 Å². The molecular weight excluding hydrogens is 398 g/mol. The van der Waals surface area contributed by atoms with Gasteiger partial charge in [-0.05, 0) is 31.5 Å². The maximum absolute atomic E-state index is 13.5. The van der Waals surface area contributed by atoms with Gasteiger partial charge < -0.3 is 19.3 Å². The molecule has 1 spiro atoms. The molecule has 0 N–H and O–H groups in total. The fourth-order valence-electron chi connectivity index (χ4n) is 4.65. The van der Waals surface area contributed by atoms with Crippen LogP contribution in [0.5, 0.6) is 11.5 Å². The molecule has 6 rings (SSSR count). The summed E-state index contributed by atoms with van der Waals surface area (Å²) in [6.45, 7) is 4.56. The van der Waals surface area contributed by atoms with Gasteiger partial charge in [-0.1, -0.05) is 27.7 Å². The Morgan fingerprint density at radius 3 is 2.57 bits per heavy atom. The number of carbonyl (C=O) groups excluding carboxylic acids is 2. The van der Waals surface area contributed by atoms with Gasteiger partial charge in [-0.25, -0.2) is 0 Å². The maximum atomic E-state index is 13.5. The minimum atomic E-state index is -1.06. The first-order valence-corrected chi connectivity index (χ1v) is 11.2. The number of benzene rings is 1. The van der Waals surface area contributed by atoms with Crippen LogP contribution in [-0.4, -0.2) is 51.6 Å². The number of likely N-dealkylation sites (N-methyl/N-ethyl adjacent to an activating group) is 1. The van der Waals surface area contributed by atoms with Gasteiger partial charge in [0.2, 0.25) is 0 Å². The standard InChI is InChI=1S/C19H19N3O4S2/c1-17(10-20)9-19-16(24)21(3)18(2,27-28-19)15(23)22(19)14(17)11-4-5-12-13(8-11)26-7-6-25-12/h4-5,8,14H,6-7,9H2,1-3H3/t14-,17+,18-,19-/m0/s1. The fraction of sp³-hybridized carbons (Fsp3) is 0.526. The summed E-state index contributed by atoms with van der Waals surface area (Å²) in [6.07, 6.45) is 0.290. The lowest BCUT2D eigenvalue weighted by atomic mass is 9.79. The van der Waals surface area contributed by atoms with Gasteiger partial charge >= 0.3 is 0 Å².